The summed E-state index contributed by atoms with van der Waals surface area (Å²) < 4.78 is 11.2. The molecule has 1 N–H and O–H groups in total. The summed E-state index contributed by atoms with van der Waals surface area (Å²) >= 11 is 0. The number of nitrogens with zero attached hydrogens (tertiary/aromatic N) is 1. The van der Waals surface area contributed by atoms with Crippen molar-refractivity contribution in [3.63, 3.8) is 0 Å². The second-order valence-corrected chi connectivity index (χ2v) is 4.66. The predicted molar refractivity (Wildman–Crippen MR) is 72.4 cm³/mol. The molecule has 0 spiro atoms. The second-order valence-electron chi connectivity index (χ2n) is 4.66. The molecule has 18 heavy (non-hydrogen) atoms. The molecule has 4 nitrogen and oxygen atoms in total. The van der Waals surface area contributed by atoms with E-state index in [1.54, 1.807) is 0 Å². The summed E-state index contributed by atoms with van der Waals surface area (Å²) in [6.45, 7) is 5.50. The van der Waals surface area contributed by atoms with Gasteiger partial charge in [-0.05, 0) is 38.7 Å². The van der Waals surface area contributed by atoms with Crippen LogP contribution in [0.2, 0.25) is 0 Å². The fraction of sp³-hybridized carbons (Fsp3) is 0.571. The van der Waals surface area contributed by atoms with Crippen molar-refractivity contribution in [3.05, 3.63) is 23.8 Å². The first kappa shape index (κ1) is 13.2. The van der Waals surface area contributed by atoms with Crippen molar-refractivity contribution in [2.75, 3.05) is 40.4 Å². The molecule has 1 atom stereocenters. The van der Waals surface area contributed by atoms with Gasteiger partial charge in [0.2, 0.25) is 0 Å². The molecule has 1 aromatic carbocycles. The van der Waals surface area contributed by atoms with Crippen molar-refractivity contribution >= 4 is 0 Å². The zero-order valence-electron chi connectivity index (χ0n) is 11.4. The highest BCUT2D eigenvalue weighted by Gasteiger charge is 2.16. The molecule has 1 aliphatic rings. The number of ether oxygens (including phenoxy) is 2. The minimum atomic E-state index is 0.370. The molecule has 0 fully saturated rings. The number of hydrogen-bond acceptors (Lipinski definition) is 4. The average molecular weight is 250 g/mol. The molecule has 0 bridgehead atoms. The van der Waals surface area contributed by atoms with Crippen molar-refractivity contribution in [2.24, 2.45) is 0 Å². The van der Waals surface area contributed by atoms with Crippen LogP contribution in [0.25, 0.3) is 0 Å². The van der Waals surface area contributed by atoms with E-state index >= 15 is 0 Å². The monoisotopic (exact) mass is 250 g/mol. The molecule has 0 amide bonds. The van der Waals surface area contributed by atoms with Gasteiger partial charge >= 0.3 is 0 Å². The molecule has 1 unspecified atom stereocenters. The predicted octanol–water partition coefficient (Wildman–Crippen LogP) is 1.67. The average Bonchev–Trinajstić information content (AvgIpc) is 2.43. The first-order valence-electron chi connectivity index (χ1n) is 6.46. The van der Waals surface area contributed by atoms with E-state index in [1.165, 1.54) is 5.56 Å². The minimum absolute atomic E-state index is 0.370. The maximum absolute atomic E-state index is 5.62. The number of nitrogens with one attached hydrogen (secondary N) is 1. The molecule has 1 heterocycles. The molecule has 1 aromatic rings. The van der Waals surface area contributed by atoms with Gasteiger partial charge in [-0.3, -0.25) is 4.90 Å². The molecule has 0 saturated heterocycles. The first-order valence-corrected chi connectivity index (χ1v) is 6.46. The molecule has 0 aliphatic carbocycles. The Morgan fingerprint density at radius 1 is 1.28 bits per heavy atom. The zero-order chi connectivity index (χ0) is 13.0. The van der Waals surface area contributed by atoms with E-state index in [4.69, 9.17) is 9.47 Å². The van der Waals surface area contributed by atoms with Gasteiger partial charge in [-0.15, -0.1) is 0 Å². The third kappa shape index (κ3) is 2.94. The van der Waals surface area contributed by atoms with E-state index in [0.717, 1.165) is 24.6 Å². The highest BCUT2D eigenvalue weighted by molar-refractivity contribution is 5.44. The van der Waals surface area contributed by atoms with Gasteiger partial charge in [-0.1, -0.05) is 6.07 Å². The SMILES string of the molecule is CNCCN(C)C(C)c1ccc2c(c1)OCCO2. The zero-order valence-corrected chi connectivity index (χ0v) is 11.4. The maximum Gasteiger partial charge on any atom is 0.161 e. The van der Waals surface area contributed by atoms with Crippen molar-refractivity contribution in [1.29, 1.82) is 0 Å². The van der Waals surface area contributed by atoms with Gasteiger partial charge in [-0.25, -0.2) is 0 Å². The Kier molecular flexibility index (Phi) is 4.44. The lowest BCUT2D eigenvalue weighted by atomic mass is 10.1. The fourth-order valence-electron chi connectivity index (χ4n) is 2.06. The van der Waals surface area contributed by atoms with Gasteiger partial charge in [0.15, 0.2) is 11.5 Å². The summed E-state index contributed by atoms with van der Waals surface area (Å²) in [6.07, 6.45) is 0. The number of rotatable bonds is 5. The Labute approximate surface area is 109 Å². The van der Waals surface area contributed by atoms with Crippen molar-refractivity contribution in [1.82, 2.24) is 10.2 Å². The third-order valence-corrected chi connectivity index (χ3v) is 3.42. The lowest BCUT2D eigenvalue weighted by Gasteiger charge is -2.26. The van der Waals surface area contributed by atoms with Crippen LogP contribution in [0.3, 0.4) is 0 Å². The van der Waals surface area contributed by atoms with Crippen LogP contribution in [0, 0.1) is 0 Å². The largest absolute Gasteiger partial charge is 0.486 e. The number of benzene rings is 1. The fourth-order valence-corrected chi connectivity index (χ4v) is 2.06. The third-order valence-electron chi connectivity index (χ3n) is 3.42. The van der Waals surface area contributed by atoms with Crippen LogP contribution in [-0.4, -0.2) is 45.3 Å². The molecular formula is C14H22N2O2. The Balaban J connectivity index is 2.08. The van der Waals surface area contributed by atoms with Gasteiger partial charge in [-0.2, -0.15) is 0 Å². The summed E-state index contributed by atoms with van der Waals surface area (Å²) in [6, 6.07) is 6.59. The van der Waals surface area contributed by atoms with E-state index in [1.807, 2.05) is 13.1 Å². The van der Waals surface area contributed by atoms with Crippen LogP contribution in [0.5, 0.6) is 11.5 Å². The first-order chi connectivity index (χ1) is 8.72. The summed E-state index contributed by atoms with van der Waals surface area (Å²) in [4.78, 5) is 2.32. The normalized spacial score (nSPS) is 15.8. The molecular weight excluding hydrogens is 228 g/mol. The molecule has 0 saturated carbocycles. The Morgan fingerprint density at radius 3 is 2.72 bits per heavy atom. The molecule has 0 radical (unpaired) electrons. The van der Waals surface area contributed by atoms with E-state index in [9.17, 15) is 0 Å². The number of likely N-dealkylation sites (N-methyl/N-ethyl adjacent to an activating group) is 2. The Bertz CT molecular complexity index is 395. The van der Waals surface area contributed by atoms with Crippen molar-refractivity contribution < 1.29 is 9.47 Å². The molecule has 2 rings (SSSR count). The van der Waals surface area contributed by atoms with Gasteiger partial charge in [0.05, 0.1) is 0 Å². The molecule has 4 heteroatoms. The van der Waals surface area contributed by atoms with Crippen molar-refractivity contribution in [3.8, 4) is 11.5 Å². The second kappa shape index (κ2) is 6.07. The van der Waals surface area contributed by atoms with Crippen LogP contribution < -0.4 is 14.8 Å². The molecule has 0 aromatic heterocycles. The Hall–Kier alpha value is -1.26. The standard InChI is InChI=1S/C14H22N2O2/c1-11(16(3)7-6-15-2)12-4-5-13-14(10-12)18-9-8-17-13/h4-5,10-11,15H,6-9H2,1-3H3. The highest BCUT2D eigenvalue weighted by Crippen LogP contribution is 2.33. The maximum atomic E-state index is 5.62. The van der Waals surface area contributed by atoms with Gasteiger partial charge < -0.3 is 14.8 Å². The van der Waals surface area contributed by atoms with Crippen LogP contribution in [0.4, 0.5) is 0 Å². The highest BCUT2D eigenvalue weighted by atomic mass is 16.6. The van der Waals surface area contributed by atoms with Gasteiger partial charge in [0.1, 0.15) is 13.2 Å². The van der Waals surface area contributed by atoms with E-state index in [2.05, 4.69) is 36.3 Å². The van der Waals surface area contributed by atoms with E-state index in [-0.39, 0.29) is 0 Å². The van der Waals surface area contributed by atoms with E-state index in [0.29, 0.717) is 19.3 Å². The minimum Gasteiger partial charge on any atom is -0.486 e. The summed E-state index contributed by atoms with van der Waals surface area (Å²) in [7, 11) is 4.11. The Morgan fingerprint density at radius 2 is 2.00 bits per heavy atom. The summed E-state index contributed by atoms with van der Waals surface area (Å²) in [5.74, 6) is 1.72. The smallest absolute Gasteiger partial charge is 0.161 e. The quantitative estimate of drug-likeness (QED) is 0.862. The number of fused-ring (bicyclic) bond motifs is 1. The van der Waals surface area contributed by atoms with Crippen LogP contribution in [0.1, 0.15) is 18.5 Å². The lowest BCUT2D eigenvalue weighted by Crippen LogP contribution is -2.29. The van der Waals surface area contributed by atoms with E-state index < -0.39 is 0 Å². The van der Waals surface area contributed by atoms with Crippen molar-refractivity contribution in [2.45, 2.75) is 13.0 Å². The van der Waals surface area contributed by atoms with Gasteiger partial charge in [0.25, 0.3) is 0 Å². The van der Waals surface area contributed by atoms with Gasteiger partial charge in [0, 0.05) is 19.1 Å². The number of hydrogen-bond donors (Lipinski definition) is 1. The molecule has 1 aliphatic heterocycles. The van der Waals surface area contributed by atoms with Crippen LogP contribution >= 0.6 is 0 Å². The topological polar surface area (TPSA) is 33.7 Å². The van der Waals surface area contributed by atoms with Crippen LogP contribution in [-0.2, 0) is 0 Å². The van der Waals surface area contributed by atoms with Crippen LogP contribution in [0.15, 0.2) is 18.2 Å². The summed E-state index contributed by atoms with van der Waals surface area (Å²) in [5, 5.41) is 3.17. The lowest BCUT2D eigenvalue weighted by molar-refractivity contribution is 0.170. The molecule has 100 valence electrons. The summed E-state index contributed by atoms with van der Waals surface area (Å²) in [5.41, 5.74) is 1.26.